The van der Waals surface area contributed by atoms with Crippen molar-refractivity contribution in [2.24, 2.45) is 5.10 Å². The van der Waals surface area contributed by atoms with E-state index in [1.165, 1.54) is 30.5 Å². The number of ether oxygens (including phenoxy) is 2. The van der Waals surface area contributed by atoms with Crippen LogP contribution in [0.4, 0.5) is 0 Å². The first kappa shape index (κ1) is 26.9. The van der Waals surface area contributed by atoms with Crippen LogP contribution in [-0.4, -0.2) is 39.7 Å². The summed E-state index contributed by atoms with van der Waals surface area (Å²) in [6, 6.07) is 18.7. The summed E-state index contributed by atoms with van der Waals surface area (Å²) in [7, 11) is -3.86. The zero-order chi connectivity index (χ0) is 26.0. The quantitative estimate of drug-likeness (QED) is 0.169. The molecule has 3 aromatic carbocycles. The van der Waals surface area contributed by atoms with E-state index in [2.05, 4.69) is 15.2 Å². The van der Waals surface area contributed by atoms with E-state index in [1.807, 2.05) is 6.92 Å². The maximum Gasteiger partial charge on any atom is 0.343 e. The number of nitrogens with zero attached hydrogens (tertiary/aromatic N) is 1. The number of sulfonamides is 1. The van der Waals surface area contributed by atoms with E-state index in [9.17, 15) is 18.0 Å². The van der Waals surface area contributed by atoms with E-state index in [-0.39, 0.29) is 4.90 Å². The number of rotatable bonds is 11. The predicted octanol–water partition coefficient (Wildman–Crippen LogP) is 3.78. The molecule has 0 aromatic heterocycles. The topological polar surface area (TPSA) is 123 Å². The summed E-state index contributed by atoms with van der Waals surface area (Å²) in [6.45, 7) is 2.12. The van der Waals surface area contributed by atoms with Crippen LogP contribution < -0.4 is 19.6 Å². The number of esters is 1. The smallest absolute Gasteiger partial charge is 0.343 e. The summed E-state index contributed by atoms with van der Waals surface area (Å²) in [5, 5.41) is 4.20. The first-order valence-electron chi connectivity index (χ1n) is 10.9. The Balaban J connectivity index is 1.46. The predicted molar refractivity (Wildman–Crippen MR) is 136 cm³/mol. The monoisotopic (exact) mass is 529 g/mol. The second-order valence-corrected chi connectivity index (χ2v) is 9.61. The average molecular weight is 530 g/mol. The molecular weight excluding hydrogens is 506 g/mol. The van der Waals surface area contributed by atoms with E-state index < -0.39 is 28.4 Å². The number of nitrogens with one attached hydrogen (secondary N) is 2. The van der Waals surface area contributed by atoms with Gasteiger partial charge in [0.15, 0.2) is 0 Å². The number of carbonyl (C=O) groups is 2. The highest BCUT2D eigenvalue weighted by Crippen LogP contribution is 2.17. The van der Waals surface area contributed by atoms with Crippen molar-refractivity contribution in [3.63, 3.8) is 0 Å². The van der Waals surface area contributed by atoms with Crippen molar-refractivity contribution in [3.8, 4) is 11.5 Å². The molecule has 0 aliphatic rings. The zero-order valence-electron chi connectivity index (χ0n) is 19.3. The largest absolute Gasteiger partial charge is 0.494 e. The summed E-state index contributed by atoms with van der Waals surface area (Å²) in [4.78, 5) is 24.2. The van der Waals surface area contributed by atoms with E-state index in [1.54, 1.807) is 48.5 Å². The van der Waals surface area contributed by atoms with Gasteiger partial charge in [0, 0.05) is 5.02 Å². The molecule has 0 atom stereocenters. The molecule has 3 rings (SSSR count). The van der Waals surface area contributed by atoms with Crippen molar-refractivity contribution >= 4 is 39.7 Å². The number of hydrogen-bond donors (Lipinski definition) is 2. The SMILES string of the molecule is CCCOc1ccc(C(=O)Oc2ccc(/C=N\NC(=O)CNS(=O)(=O)c3ccc(Cl)cc3)cc2)cc1. The van der Waals surface area contributed by atoms with Gasteiger partial charge in [-0.3, -0.25) is 4.79 Å². The Morgan fingerprint density at radius 3 is 2.22 bits per heavy atom. The zero-order valence-corrected chi connectivity index (χ0v) is 20.9. The molecule has 0 heterocycles. The van der Waals surface area contributed by atoms with Crippen molar-refractivity contribution in [2.45, 2.75) is 18.2 Å². The molecule has 11 heteroatoms. The normalized spacial score (nSPS) is 11.3. The minimum Gasteiger partial charge on any atom is -0.494 e. The minimum atomic E-state index is -3.86. The molecule has 0 saturated heterocycles. The third kappa shape index (κ3) is 8.19. The van der Waals surface area contributed by atoms with Gasteiger partial charge < -0.3 is 9.47 Å². The number of hydrazone groups is 1. The highest BCUT2D eigenvalue weighted by atomic mass is 35.5. The number of halogens is 1. The molecule has 36 heavy (non-hydrogen) atoms. The van der Waals surface area contributed by atoms with Gasteiger partial charge in [0.05, 0.1) is 29.8 Å². The van der Waals surface area contributed by atoms with Crippen LogP contribution >= 0.6 is 11.6 Å². The van der Waals surface area contributed by atoms with Crippen molar-refractivity contribution in [1.82, 2.24) is 10.1 Å². The third-order valence-electron chi connectivity index (χ3n) is 4.60. The van der Waals surface area contributed by atoms with Crippen LogP contribution in [0.25, 0.3) is 0 Å². The highest BCUT2D eigenvalue weighted by Gasteiger charge is 2.15. The fraction of sp³-hybridized carbons (Fsp3) is 0.160. The van der Waals surface area contributed by atoms with Crippen LogP contribution in [0.1, 0.15) is 29.3 Å². The molecule has 0 unspecified atom stereocenters. The average Bonchev–Trinajstić information content (AvgIpc) is 2.88. The Labute approximate surface area is 214 Å². The van der Waals surface area contributed by atoms with E-state index >= 15 is 0 Å². The Bertz CT molecular complexity index is 1310. The molecule has 188 valence electrons. The molecule has 0 fully saturated rings. The van der Waals surface area contributed by atoms with Crippen LogP contribution in [0.2, 0.25) is 5.02 Å². The Morgan fingerprint density at radius 1 is 0.944 bits per heavy atom. The summed E-state index contributed by atoms with van der Waals surface area (Å²) in [5.74, 6) is -0.139. The van der Waals surface area contributed by atoms with Crippen molar-refractivity contribution in [1.29, 1.82) is 0 Å². The van der Waals surface area contributed by atoms with Gasteiger partial charge in [0.2, 0.25) is 10.0 Å². The van der Waals surface area contributed by atoms with Gasteiger partial charge in [0.1, 0.15) is 11.5 Å². The van der Waals surface area contributed by atoms with E-state index in [4.69, 9.17) is 21.1 Å². The lowest BCUT2D eigenvalue weighted by molar-refractivity contribution is -0.119. The lowest BCUT2D eigenvalue weighted by Crippen LogP contribution is -2.34. The maximum atomic E-state index is 12.3. The Morgan fingerprint density at radius 2 is 1.58 bits per heavy atom. The highest BCUT2D eigenvalue weighted by molar-refractivity contribution is 7.89. The fourth-order valence-corrected chi connectivity index (χ4v) is 3.88. The van der Waals surface area contributed by atoms with Crippen LogP contribution in [0.3, 0.4) is 0 Å². The first-order valence-corrected chi connectivity index (χ1v) is 12.7. The molecule has 3 aromatic rings. The second kappa shape index (κ2) is 12.8. The van der Waals surface area contributed by atoms with Gasteiger partial charge in [-0.15, -0.1) is 0 Å². The molecule has 9 nitrogen and oxygen atoms in total. The standard InChI is InChI=1S/C25H24ClN3O6S/c1-2-15-34-21-11-5-19(6-12-21)25(31)35-22-9-3-18(4-10-22)16-27-29-24(30)17-28-36(32,33)23-13-7-20(26)8-14-23/h3-14,16,28H,2,15,17H2,1H3,(H,29,30)/b27-16-. The summed E-state index contributed by atoms with van der Waals surface area (Å²) >= 11 is 5.75. The van der Waals surface area contributed by atoms with Gasteiger partial charge in [-0.25, -0.2) is 23.4 Å². The molecule has 0 aliphatic heterocycles. The Hall–Kier alpha value is -3.73. The van der Waals surface area contributed by atoms with Gasteiger partial charge in [-0.05, 0) is 84.8 Å². The van der Waals surface area contributed by atoms with Crippen molar-refractivity contribution < 1.29 is 27.5 Å². The molecule has 2 N–H and O–H groups in total. The van der Waals surface area contributed by atoms with E-state index in [0.717, 1.165) is 6.42 Å². The maximum absolute atomic E-state index is 12.3. The second-order valence-electron chi connectivity index (χ2n) is 7.40. The lowest BCUT2D eigenvalue weighted by Gasteiger charge is -2.07. The summed E-state index contributed by atoms with van der Waals surface area (Å²) < 4.78 is 37.4. The first-order chi connectivity index (χ1) is 17.3. The van der Waals surface area contributed by atoms with Crippen LogP contribution in [0, 0.1) is 0 Å². The molecule has 0 spiro atoms. The minimum absolute atomic E-state index is 0.0120. The fourth-order valence-electron chi connectivity index (χ4n) is 2.77. The van der Waals surface area contributed by atoms with Crippen LogP contribution in [0.15, 0.2) is 82.8 Å². The van der Waals surface area contributed by atoms with Gasteiger partial charge in [0.25, 0.3) is 5.91 Å². The van der Waals surface area contributed by atoms with Gasteiger partial charge in [-0.1, -0.05) is 18.5 Å². The molecule has 1 amide bonds. The molecule has 0 aliphatic carbocycles. The number of amides is 1. The van der Waals surface area contributed by atoms with Gasteiger partial charge in [-0.2, -0.15) is 5.10 Å². The lowest BCUT2D eigenvalue weighted by atomic mass is 10.2. The molecular formula is C25H24ClN3O6S. The molecule has 0 saturated carbocycles. The molecule has 0 radical (unpaired) electrons. The summed E-state index contributed by atoms with van der Waals surface area (Å²) in [6.07, 6.45) is 2.26. The van der Waals surface area contributed by atoms with Crippen LogP contribution in [0.5, 0.6) is 11.5 Å². The van der Waals surface area contributed by atoms with Crippen LogP contribution in [-0.2, 0) is 14.8 Å². The van der Waals surface area contributed by atoms with Crippen molar-refractivity contribution in [2.75, 3.05) is 13.2 Å². The summed E-state index contributed by atoms with van der Waals surface area (Å²) in [5.41, 5.74) is 3.24. The number of benzene rings is 3. The number of hydrogen-bond acceptors (Lipinski definition) is 7. The Kier molecular flexibility index (Phi) is 9.57. The van der Waals surface area contributed by atoms with Gasteiger partial charge >= 0.3 is 5.97 Å². The third-order valence-corrected chi connectivity index (χ3v) is 6.27. The van der Waals surface area contributed by atoms with E-state index in [0.29, 0.717) is 34.3 Å². The molecule has 0 bridgehead atoms. The number of carbonyl (C=O) groups excluding carboxylic acids is 2. The van der Waals surface area contributed by atoms with Crippen molar-refractivity contribution in [3.05, 3.63) is 88.9 Å².